The van der Waals surface area contributed by atoms with Crippen molar-refractivity contribution in [2.75, 3.05) is 68.7 Å². The fraction of sp³-hybridized carbons (Fsp3) is 1.00. The Morgan fingerprint density at radius 3 is 2.09 bits per heavy atom. The van der Waals surface area contributed by atoms with Gasteiger partial charge in [-0.05, 0) is 28.2 Å². The lowest BCUT2D eigenvalue weighted by molar-refractivity contribution is -0.0644. The first-order valence-corrected chi connectivity index (χ1v) is 7.97. The zero-order valence-corrected chi connectivity index (χ0v) is 15.2. The molecule has 0 saturated carbocycles. The fourth-order valence-corrected chi connectivity index (χ4v) is 3.17. The van der Waals surface area contributed by atoms with Gasteiger partial charge in [0.25, 0.3) is 0 Å². The van der Waals surface area contributed by atoms with E-state index in [9.17, 15) is 0 Å². The largest absolute Gasteiger partial charge is 0.382 e. The van der Waals surface area contributed by atoms with Crippen molar-refractivity contribution < 1.29 is 18.9 Å². The van der Waals surface area contributed by atoms with Crippen LogP contribution in [0.25, 0.3) is 0 Å². The highest BCUT2D eigenvalue weighted by atomic mass is 16.6. The van der Waals surface area contributed by atoms with Crippen LogP contribution in [0.2, 0.25) is 0 Å². The van der Waals surface area contributed by atoms with Crippen LogP contribution >= 0.6 is 0 Å². The summed E-state index contributed by atoms with van der Waals surface area (Å²) in [4.78, 5) is 4.40. The summed E-state index contributed by atoms with van der Waals surface area (Å²) in [5, 5.41) is 0. The molecule has 6 nitrogen and oxygen atoms in total. The summed E-state index contributed by atoms with van der Waals surface area (Å²) in [6, 6.07) is 0.0180. The molecule has 22 heavy (non-hydrogen) atoms. The summed E-state index contributed by atoms with van der Waals surface area (Å²) in [5.41, 5.74) is 0. The van der Waals surface area contributed by atoms with E-state index < -0.39 is 0 Å². The quantitative estimate of drug-likeness (QED) is 0.488. The summed E-state index contributed by atoms with van der Waals surface area (Å²) < 4.78 is 22.9. The molecule has 0 radical (unpaired) electrons. The van der Waals surface area contributed by atoms with Gasteiger partial charge in [-0.1, -0.05) is 0 Å². The Bertz CT molecular complexity index is 297. The molecule has 1 unspecified atom stereocenters. The zero-order chi connectivity index (χ0) is 16.7. The van der Waals surface area contributed by atoms with Gasteiger partial charge >= 0.3 is 0 Å². The van der Waals surface area contributed by atoms with Gasteiger partial charge in [0.2, 0.25) is 0 Å². The number of hydrogen-bond donors (Lipinski definition) is 0. The third-order valence-electron chi connectivity index (χ3n) is 3.92. The molecule has 4 atom stereocenters. The van der Waals surface area contributed by atoms with Gasteiger partial charge in [-0.3, -0.25) is 0 Å². The average Bonchev–Trinajstić information content (AvgIpc) is 2.70. The Labute approximate surface area is 136 Å². The van der Waals surface area contributed by atoms with Crippen LogP contribution in [0, 0.1) is 5.92 Å². The maximum atomic E-state index is 6.20. The van der Waals surface area contributed by atoms with E-state index in [2.05, 4.69) is 38.0 Å². The molecular formula is C15H33BN2O4. The third kappa shape index (κ3) is 6.14. The molecule has 1 heterocycles. The molecule has 1 saturated heterocycles. The van der Waals surface area contributed by atoms with Crippen LogP contribution < -0.4 is 0 Å². The lowest BCUT2D eigenvalue weighted by Gasteiger charge is -2.28. The van der Waals surface area contributed by atoms with Gasteiger partial charge in [0.05, 0.1) is 19.2 Å². The standard InChI is InChI=1S/C15H33BN2O4/c1-17(2)7-11(8-18(3)4)9-21-14-13(20-6)12(10-19-5)22-15(14)16/h11-15H,7-10,16H2,1-6H3/t12-,13?,14+,15-/m1/s1. The van der Waals surface area contributed by atoms with Crippen molar-refractivity contribution in [1.82, 2.24) is 9.80 Å². The van der Waals surface area contributed by atoms with Crippen molar-refractivity contribution in [1.29, 1.82) is 0 Å². The van der Waals surface area contributed by atoms with Gasteiger partial charge in [-0.25, -0.2) is 0 Å². The first kappa shape index (κ1) is 19.9. The van der Waals surface area contributed by atoms with Crippen LogP contribution in [-0.2, 0) is 18.9 Å². The van der Waals surface area contributed by atoms with E-state index in [1.54, 1.807) is 14.2 Å². The Morgan fingerprint density at radius 1 is 1.05 bits per heavy atom. The van der Waals surface area contributed by atoms with Crippen molar-refractivity contribution in [2.45, 2.75) is 24.3 Å². The van der Waals surface area contributed by atoms with Gasteiger partial charge in [-0.15, -0.1) is 0 Å². The molecule has 130 valence electrons. The van der Waals surface area contributed by atoms with Crippen molar-refractivity contribution in [2.24, 2.45) is 5.92 Å². The Balaban J connectivity index is 2.58. The van der Waals surface area contributed by atoms with Gasteiger partial charge in [0.1, 0.15) is 26.2 Å². The molecule has 1 aliphatic rings. The Hall–Kier alpha value is -0.175. The Morgan fingerprint density at radius 2 is 1.64 bits per heavy atom. The zero-order valence-electron chi connectivity index (χ0n) is 15.2. The second-order valence-corrected chi connectivity index (χ2v) is 6.72. The van der Waals surface area contributed by atoms with E-state index in [0.29, 0.717) is 19.1 Å². The molecule has 0 bridgehead atoms. The molecule has 0 aromatic heterocycles. The van der Waals surface area contributed by atoms with E-state index in [0.717, 1.165) is 13.1 Å². The molecule has 1 rings (SSSR count). The predicted molar refractivity (Wildman–Crippen MR) is 90.2 cm³/mol. The number of nitrogens with zero attached hydrogens (tertiary/aromatic N) is 2. The summed E-state index contributed by atoms with van der Waals surface area (Å²) >= 11 is 0. The summed E-state index contributed by atoms with van der Waals surface area (Å²) in [7, 11) is 13.8. The van der Waals surface area contributed by atoms with Gasteiger partial charge < -0.3 is 28.7 Å². The second-order valence-electron chi connectivity index (χ2n) is 6.72. The van der Waals surface area contributed by atoms with Gasteiger partial charge in [0.15, 0.2) is 0 Å². The molecular weight excluding hydrogens is 283 g/mol. The molecule has 0 amide bonds. The predicted octanol–water partition coefficient (Wildman–Crippen LogP) is -0.870. The van der Waals surface area contributed by atoms with Crippen molar-refractivity contribution in [3.63, 3.8) is 0 Å². The van der Waals surface area contributed by atoms with Gasteiger partial charge in [-0.2, -0.15) is 0 Å². The maximum absolute atomic E-state index is 6.20. The second kappa shape index (κ2) is 9.85. The first-order chi connectivity index (χ1) is 10.4. The third-order valence-corrected chi connectivity index (χ3v) is 3.92. The van der Waals surface area contributed by atoms with Crippen LogP contribution in [0.3, 0.4) is 0 Å². The molecule has 0 N–H and O–H groups in total. The lowest BCUT2D eigenvalue weighted by Crippen LogP contribution is -2.41. The van der Waals surface area contributed by atoms with E-state index in [1.807, 2.05) is 7.85 Å². The number of hydrogen-bond acceptors (Lipinski definition) is 6. The normalized spacial score (nSPS) is 29.1. The molecule has 1 fully saturated rings. The number of rotatable bonds is 10. The van der Waals surface area contributed by atoms with Crippen molar-refractivity contribution >= 4 is 7.85 Å². The van der Waals surface area contributed by atoms with Crippen LogP contribution in [0.1, 0.15) is 0 Å². The molecule has 0 aromatic rings. The Kier molecular flexibility index (Phi) is 8.90. The van der Waals surface area contributed by atoms with E-state index in [-0.39, 0.29) is 24.3 Å². The lowest BCUT2D eigenvalue weighted by atomic mass is 9.92. The van der Waals surface area contributed by atoms with Crippen LogP contribution in [0.5, 0.6) is 0 Å². The number of ether oxygens (including phenoxy) is 4. The summed E-state index contributed by atoms with van der Waals surface area (Å²) in [6.45, 7) is 3.23. The molecule has 0 aliphatic carbocycles. The highest BCUT2D eigenvalue weighted by Crippen LogP contribution is 2.25. The van der Waals surface area contributed by atoms with Crippen molar-refractivity contribution in [3.8, 4) is 0 Å². The van der Waals surface area contributed by atoms with Crippen LogP contribution in [-0.4, -0.2) is 111 Å². The number of methoxy groups -OCH3 is 2. The maximum Gasteiger partial charge on any atom is 0.142 e. The minimum atomic E-state index is -0.0747. The topological polar surface area (TPSA) is 43.4 Å². The van der Waals surface area contributed by atoms with Gasteiger partial charge in [0, 0.05) is 33.2 Å². The monoisotopic (exact) mass is 316 g/mol. The van der Waals surface area contributed by atoms with Crippen LogP contribution in [0.4, 0.5) is 0 Å². The molecule has 0 spiro atoms. The SMILES string of the molecule is B[C@@H]1O[C@H](COC)C(OC)[C@@H]1OCC(CN(C)C)CN(C)C. The first-order valence-electron chi connectivity index (χ1n) is 7.97. The minimum absolute atomic E-state index is 0.0180. The average molecular weight is 316 g/mol. The van der Waals surface area contributed by atoms with E-state index >= 15 is 0 Å². The van der Waals surface area contributed by atoms with Crippen LogP contribution in [0.15, 0.2) is 0 Å². The summed E-state index contributed by atoms with van der Waals surface area (Å²) in [5.74, 6) is 0.455. The van der Waals surface area contributed by atoms with Crippen molar-refractivity contribution in [3.05, 3.63) is 0 Å². The molecule has 7 heteroatoms. The van der Waals surface area contributed by atoms with E-state index in [1.165, 1.54) is 0 Å². The highest BCUT2D eigenvalue weighted by molar-refractivity contribution is 6.11. The molecule has 0 aromatic carbocycles. The smallest absolute Gasteiger partial charge is 0.142 e. The minimum Gasteiger partial charge on any atom is -0.382 e. The highest BCUT2D eigenvalue weighted by Gasteiger charge is 2.43. The summed E-state index contributed by atoms with van der Waals surface area (Å²) in [6.07, 6.45) is -0.178. The fourth-order valence-electron chi connectivity index (χ4n) is 3.17. The molecule has 1 aliphatic heterocycles. The van der Waals surface area contributed by atoms with E-state index in [4.69, 9.17) is 18.9 Å².